The normalized spacial score (nSPS) is 11.6. The number of hydrogen-bond acceptors (Lipinski definition) is 8. The second-order valence-corrected chi connectivity index (χ2v) is 11.7. The monoisotopic (exact) mass is 518 g/mol. The number of thiazole rings is 1. The maximum Gasteiger partial charge on any atom is 0.275 e. The van der Waals surface area contributed by atoms with Crippen molar-refractivity contribution in [2.75, 3.05) is 17.3 Å². The van der Waals surface area contributed by atoms with E-state index in [9.17, 15) is 13.2 Å². The first-order chi connectivity index (χ1) is 15.7. The molecular formula is C22H19ClN4O3S3. The number of carbonyl (C=O) groups is 1. The maximum atomic E-state index is 12.7. The first-order valence-electron chi connectivity index (χ1n) is 9.92. The van der Waals surface area contributed by atoms with Crippen LogP contribution in [0.2, 0.25) is 5.02 Å². The van der Waals surface area contributed by atoms with Gasteiger partial charge >= 0.3 is 0 Å². The number of nitrogens with zero attached hydrogens (tertiary/aromatic N) is 3. The molecule has 0 radical (unpaired) electrons. The zero-order chi connectivity index (χ0) is 23.6. The summed E-state index contributed by atoms with van der Waals surface area (Å²) in [6.45, 7) is 2.06. The van der Waals surface area contributed by atoms with Gasteiger partial charge in [0, 0.05) is 23.3 Å². The van der Waals surface area contributed by atoms with Crippen molar-refractivity contribution >= 4 is 66.3 Å². The first-order valence-corrected chi connectivity index (χ1v) is 14.0. The van der Waals surface area contributed by atoms with E-state index in [0.29, 0.717) is 10.8 Å². The second kappa shape index (κ2) is 9.76. The van der Waals surface area contributed by atoms with E-state index in [4.69, 9.17) is 11.6 Å². The molecule has 0 aliphatic rings. The van der Waals surface area contributed by atoms with Crippen molar-refractivity contribution in [3.8, 4) is 10.6 Å². The molecule has 4 rings (SSSR count). The molecular weight excluding hydrogens is 500 g/mol. The van der Waals surface area contributed by atoms with Gasteiger partial charge in [0.1, 0.15) is 5.01 Å². The molecule has 1 amide bonds. The fourth-order valence-electron chi connectivity index (χ4n) is 2.92. The van der Waals surface area contributed by atoms with Gasteiger partial charge in [-0.3, -0.25) is 4.79 Å². The highest BCUT2D eigenvalue weighted by atomic mass is 35.5. The molecule has 0 fully saturated rings. The molecule has 2 heterocycles. The minimum atomic E-state index is -3.28. The lowest BCUT2D eigenvalue weighted by molar-refractivity contribution is 0.102. The van der Waals surface area contributed by atoms with Crippen molar-refractivity contribution in [2.24, 2.45) is 0 Å². The summed E-state index contributed by atoms with van der Waals surface area (Å²) < 4.78 is 24.4. The summed E-state index contributed by atoms with van der Waals surface area (Å²) in [6.07, 6.45) is 3.59. The number of nitrogens with one attached hydrogen (secondary N) is 1. The Hall–Kier alpha value is -2.53. The van der Waals surface area contributed by atoms with Gasteiger partial charge in [-0.05, 0) is 48.9 Å². The van der Waals surface area contributed by atoms with Gasteiger partial charge in [0.05, 0.1) is 26.3 Å². The molecule has 11 heteroatoms. The lowest BCUT2D eigenvalue weighted by Crippen LogP contribution is -2.15. The van der Waals surface area contributed by atoms with E-state index in [1.807, 2.05) is 12.1 Å². The van der Waals surface area contributed by atoms with Crippen LogP contribution in [0.15, 0.2) is 58.7 Å². The second-order valence-electron chi connectivity index (χ2n) is 7.15. The van der Waals surface area contributed by atoms with E-state index in [0.717, 1.165) is 33.0 Å². The number of thioether (sulfide) groups is 1. The van der Waals surface area contributed by atoms with Crippen molar-refractivity contribution in [2.45, 2.75) is 23.4 Å². The van der Waals surface area contributed by atoms with E-state index in [2.05, 4.69) is 27.2 Å². The summed E-state index contributed by atoms with van der Waals surface area (Å²) in [5, 5.41) is 4.26. The van der Waals surface area contributed by atoms with E-state index in [1.165, 1.54) is 35.6 Å². The molecule has 0 spiro atoms. The number of amides is 1. The summed E-state index contributed by atoms with van der Waals surface area (Å²) in [6, 6.07) is 12.1. The number of hydrogen-bond donors (Lipinski definition) is 1. The summed E-state index contributed by atoms with van der Waals surface area (Å²) in [4.78, 5) is 26.0. The SMILES string of the molecule is CCCSc1ncc(Cl)c(C(=O)Nc2ccc(-c3nc4ccc(S(C)(=O)=O)cc4s3)cc2)n1. The van der Waals surface area contributed by atoms with Gasteiger partial charge in [-0.25, -0.2) is 23.4 Å². The quantitative estimate of drug-likeness (QED) is 0.252. The highest BCUT2D eigenvalue weighted by molar-refractivity contribution is 7.99. The zero-order valence-electron chi connectivity index (χ0n) is 17.7. The maximum absolute atomic E-state index is 12.7. The van der Waals surface area contributed by atoms with Crippen LogP contribution in [-0.4, -0.2) is 41.3 Å². The third kappa shape index (κ3) is 5.52. The lowest BCUT2D eigenvalue weighted by Gasteiger charge is -2.08. The van der Waals surface area contributed by atoms with E-state index < -0.39 is 15.7 Å². The van der Waals surface area contributed by atoms with Crippen LogP contribution in [0.3, 0.4) is 0 Å². The van der Waals surface area contributed by atoms with Crippen molar-refractivity contribution < 1.29 is 13.2 Å². The van der Waals surface area contributed by atoms with Crippen LogP contribution in [0.1, 0.15) is 23.8 Å². The highest BCUT2D eigenvalue weighted by Gasteiger charge is 2.16. The molecule has 33 heavy (non-hydrogen) atoms. The van der Waals surface area contributed by atoms with Crippen LogP contribution >= 0.6 is 34.7 Å². The standard InChI is InChI=1S/C22H19ClN4O3S3/c1-3-10-31-22-24-12-16(23)19(27-22)20(28)25-14-6-4-13(5-7-14)21-26-17-9-8-15(33(2,29)30)11-18(17)32-21/h4-9,11-12H,3,10H2,1-2H3,(H,25,28). The lowest BCUT2D eigenvalue weighted by atomic mass is 10.2. The fourth-order valence-corrected chi connectivity index (χ4v) is 5.50. The van der Waals surface area contributed by atoms with Crippen molar-refractivity contribution in [3.63, 3.8) is 0 Å². The summed E-state index contributed by atoms with van der Waals surface area (Å²) >= 11 is 9.01. The number of sulfone groups is 1. The molecule has 0 aliphatic carbocycles. The molecule has 0 bridgehead atoms. The number of aromatic nitrogens is 3. The van der Waals surface area contributed by atoms with Gasteiger partial charge in [0.25, 0.3) is 5.91 Å². The largest absolute Gasteiger partial charge is 0.321 e. The van der Waals surface area contributed by atoms with E-state index in [1.54, 1.807) is 30.3 Å². The number of rotatable bonds is 7. The number of fused-ring (bicyclic) bond motifs is 1. The minimum Gasteiger partial charge on any atom is -0.321 e. The summed E-state index contributed by atoms with van der Waals surface area (Å²) in [5.41, 5.74) is 2.30. The van der Waals surface area contributed by atoms with Crippen LogP contribution < -0.4 is 5.32 Å². The Morgan fingerprint density at radius 2 is 1.91 bits per heavy atom. The number of halogens is 1. The molecule has 0 atom stereocenters. The molecule has 2 aromatic carbocycles. The molecule has 170 valence electrons. The Morgan fingerprint density at radius 3 is 2.61 bits per heavy atom. The Bertz CT molecular complexity index is 1440. The average molecular weight is 519 g/mol. The molecule has 2 aromatic heterocycles. The predicted octanol–water partition coefficient (Wildman–Crippen LogP) is 5.56. The Kier molecular flexibility index (Phi) is 6.99. The predicted molar refractivity (Wildman–Crippen MR) is 134 cm³/mol. The van der Waals surface area contributed by atoms with E-state index in [-0.39, 0.29) is 15.6 Å². The molecule has 0 unspecified atom stereocenters. The molecule has 0 saturated carbocycles. The fraction of sp³-hybridized carbons (Fsp3) is 0.182. The summed E-state index contributed by atoms with van der Waals surface area (Å²) in [5.74, 6) is 0.438. The van der Waals surface area contributed by atoms with Crippen molar-refractivity contribution in [3.05, 3.63) is 59.4 Å². The third-order valence-corrected chi connectivity index (χ3v) is 8.07. The molecule has 0 aliphatic heterocycles. The minimum absolute atomic E-state index is 0.127. The van der Waals surface area contributed by atoms with Crippen LogP contribution in [0, 0.1) is 0 Å². The molecule has 4 aromatic rings. The van der Waals surface area contributed by atoms with E-state index >= 15 is 0 Å². The Labute approximate surface area is 204 Å². The van der Waals surface area contributed by atoms with Gasteiger partial charge < -0.3 is 5.32 Å². The highest BCUT2D eigenvalue weighted by Crippen LogP contribution is 2.32. The van der Waals surface area contributed by atoms with Crippen LogP contribution in [0.25, 0.3) is 20.8 Å². The molecule has 7 nitrogen and oxygen atoms in total. The molecule has 1 N–H and O–H groups in total. The third-order valence-electron chi connectivity index (χ3n) is 4.55. The average Bonchev–Trinajstić information content (AvgIpc) is 3.22. The zero-order valence-corrected chi connectivity index (χ0v) is 20.9. The van der Waals surface area contributed by atoms with Gasteiger partial charge in [-0.15, -0.1) is 11.3 Å². The van der Waals surface area contributed by atoms with Gasteiger partial charge in [-0.2, -0.15) is 0 Å². The van der Waals surface area contributed by atoms with Gasteiger partial charge in [0.2, 0.25) is 0 Å². The summed E-state index contributed by atoms with van der Waals surface area (Å²) in [7, 11) is -3.28. The molecule has 0 saturated heterocycles. The first kappa shape index (κ1) is 23.6. The Balaban J connectivity index is 1.52. The topological polar surface area (TPSA) is 102 Å². The van der Waals surface area contributed by atoms with Crippen molar-refractivity contribution in [1.82, 2.24) is 15.0 Å². The van der Waals surface area contributed by atoms with Gasteiger partial charge in [0.15, 0.2) is 20.7 Å². The van der Waals surface area contributed by atoms with Crippen molar-refractivity contribution in [1.29, 1.82) is 0 Å². The smallest absolute Gasteiger partial charge is 0.275 e. The van der Waals surface area contributed by atoms with Crippen LogP contribution in [-0.2, 0) is 9.84 Å². The van der Waals surface area contributed by atoms with Crippen LogP contribution in [0.4, 0.5) is 5.69 Å². The Morgan fingerprint density at radius 1 is 1.15 bits per heavy atom. The number of benzene rings is 2. The van der Waals surface area contributed by atoms with Crippen LogP contribution in [0.5, 0.6) is 0 Å². The number of anilines is 1. The van der Waals surface area contributed by atoms with Gasteiger partial charge in [-0.1, -0.05) is 30.3 Å². The number of carbonyl (C=O) groups excluding carboxylic acids is 1.